The molecule has 0 saturated carbocycles. The van der Waals surface area contributed by atoms with Gasteiger partial charge in [0.05, 0.1) is 5.29 Å². The van der Waals surface area contributed by atoms with Crippen molar-refractivity contribution in [1.29, 1.82) is 0 Å². The Morgan fingerprint density at radius 3 is 2.22 bits per heavy atom. The Morgan fingerprint density at radius 1 is 1.28 bits per heavy atom. The topological polar surface area (TPSA) is 107 Å². The van der Waals surface area contributed by atoms with Crippen molar-refractivity contribution in [2.45, 2.75) is 45.6 Å². The number of hydrogen-bond acceptors (Lipinski definition) is 4. The largest absolute Gasteiger partial charge is 0.481 e. The van der Waals surface area contributed by atoms with Gasteiger partial charge in [-0.1, -0.05) is 20.3 Å². The minimum absolute atomic E-state index is 0.0639. The van der Waals surface area contributed by atoms with E-state index in [-0.39, 0.29) is 25.3 Å². The fraction of sp³-hybridized carbons (Fsp3) is 0.818. The van der Waals surface area contributed by atoms with E-state index in [9.17, 15) is 14.5 Å². The van der Waals surface area contributed by atoms with Crippen LogP contribution in [-0.4, -0.2) is 39.7 Å². The van der Waals surface area contributed by atoms with Crippen LogP contribution >= 0.6 is 0 Å². The van der Waals surface area contributed by atoms with Crippen molar-refractivity contribution >= 4 is 11.9 Å². The van der Waals surface area contributed by atoms with Gasteiger partial charge in [-0.15, -0.1) is 4.91 Å². The standard InChI is InChI=1S/C11H20N2O5/c1-3-5-8(6-10(14)15)7-13(12-18)9(4-2)11(16)17/h8-9H,3-7H2,1-2H3,(H,14,15)(H,16,17)/t8-,9+/m1/s1. The van der Waals surface area contributed by atoms with Gasteiger partial charge in [0.1, 0.15) is 6.04 Å². The van der Waals surface area contributed by atoms with Crippen molar-refractivity contribution in [3.63, 3.8) is 0 Å². The third-order valence-electron chi connectivity index (χ3n) is 2.74. The second-order valence-corrected chi connectivity index (χ2v) is 4.22. The highest BCUT2D eigenvalue weighted by molar-refractivity contribution is 5.73. The number of carboxylic acids is 2. The predicted molar refractivity (Wildman–Crippen MR) is 64.9 cm³/mol. The van der Waals surface area contributed by atoms with Gasteiger partial charge < -0.3 is 10.2 Å². The molecule has 104 valence electrons. The van der Waals surface area contributed by atoms with Crippen molar-refractivity contribution in [3.05, 3.63) is 4.91 Å². The van der Waals surface area contributed by atoms with Crippen LogP contribution in [0.4, 0.5) is 0 Å². The minimum Gasteiger partial charge on any atom is -0.481 e. The van der Waals surface area contributed by atoms with Gasteiger partial charge in [-0.25, -0.2) is 9.80 Å². The van der Waals surface area contributed by atoms with Gasteiger partial charge in [-0.3, -0.25) is 4.79 Å². The summed E-state index contributed by atoms with van der Waals surface area (Å²) in [5.74, 6) is -2.34. The van der Waals surface area contributed by atoms with Crippen LogP contribution in [0, 0.1) is 10.8 Å². The van der Waals surface area contributed by atoms with Crippen LogP contribution < -0.4 is 0 Å². The lowest BCUT2D eigenvalue weighted by Gasteiger charge is -2.25. The fourth-order valence-corrected chi connectivity index (χ4v) is 1.91. The summed E-state index contributed by atoms with van der Waals surface area (Å²) >= 11 is 0. The monoisotopic (exact) mass is 260 g/mol. The Labute approximate surface area is 106 Å². The van der Waals surface area contributed by atoms with E-state index in [0.29, 0.717) is 6.42 Å². The summed E-state index contributed by atoms with van der Waals surface area (Å²) in [6, 6.07) is -0.990. The number of carbonyl (C=O) groups is 2. The number of nitroso groups, excluding NO2 is 1. The first-order chi connectivity index (χ1) is 8.46. The summed E-state index contributed by atoms with van der Waals surface area (Å²) < 4.78 is 0. The molecule has 0 saturated heterocycles. The zero-order valence-corrected chi connectivity index (χ0v) is 10.7. The lowest BCUT2D eigenvalue weighted by Crippen LogP contribution is -2.40. The van der Waals surface area contributed by atoms with Crippen molar-refractivity contribution < 1.29 is 19.8 Å². The predicted octanol–water partition coefficient (Wildman–Crippen LogP) is 1.72. The van der Waals surface area contributed by atoms with Gasteiger partial charge >= 0.3 is 11.9 Å². The lowest BCUT2D eigenvalue weighted by molar-refractivity contribution is -0.143. The second-order valence-electron chi connectivity index (χ2n) is 4.22. The molecular formula is C11H20N2O5. The van der Waals surface area contributed by atoms with Gasteiger partial charge in [-0.2, -0.15) is 0 Å². The van der Waals surface area contributed by atoms with E-state index in [1.807, 2.05) is 6.92 Å². The first kappa shape index (κ1) is 16.3. The highest BCUT2D eigenvalue weighted by Crippen LogP contribution is 2.16. The maximum absolute atomic E-state index is 10.9. The molecule has 0 spiro atoms. The van der Waals surface area contributed by atoms with Crippen LogP contribution in [-0.2, 0) is 9.59 Å². The van der Waals surface area contributed by atoms with Gasteiger partial charge in [0, 0.05) is 13.0 Å². The number of nitrogens with zero attached hydrogens (tertiary/aromatic N) is 2. The van der Waals surface area contributed by atoms with Crippen LogP contribution in [0.15, 0.2) is 5.29 Å². The molecule has 0 amide bonds. The van der Waals surface area contributed by atoms with Crippen molar-refractivity contribution in [2.75, 3.05) is 6.54 Å². The molecule has 7 heteroatoms. The zero-order valence-electron chi connectivity index (χ0n) is 10.7. The molecule has 0 radical (unpaired) electrons. The smallest absolute Gasteiger partial charge is 0.328 e. The molecule has 0 aromatic heterocycles. The van der Waals surface area contributed by atoms with Gasteiger partial charge in [0.15, 0.2) is 0 Å². The summed E-state index contributed by atoms with van der Waals surface area (Å²) in [6.07, 6.45) is 1.55. The number of rotatable bonds is 10. The van der Waals surface area contributed by atoms with Crippen LogP contribution in [0.1, 0.15) is 39.5 Å². The molecule has 0 aliphatic heterocycles. The molecule has 0 bridgehead atoms. The van der Waals surface area contributed by atoms with Crippen LogP contribution in [0.3, 0.4) is 0 Å². The van der Waals surface area contributed by atoms with Crippen LogP contribution in [0.5, 0.6) is 0 Å². The maximum Gasteiger partial charge on any atom is 0.328 e. The third-order valence-corrected chi connectivity index (χ3v) is 2.74. The molecule has 18 heavy (non-hydrogen) atoms. The molecule has 0 aliphatic rings. The Hall–Kier alpha value is -1.66. The molecule has 0 aromatic rings. The van der Waals surface area contributed by atoms with Gasteiger partial charge in [0.25, 0.3) is 0 Å². The number of carboxylic acid groups (broad SMARTS) is 2. The summed E-state index contributed by atoms with van der Waals surface area (Å²) in [6.45, 7) is 3.61. The average molecular weight is 260 g/mol. The Bertz CT molecular complexity index is 295. The summed E-state index contributed by atoms with van der Waals surface area (Å²) in [4.78, 5) is 32.3. The lowest BCUT2D eigenvalue weighted by atomic mass is 9.99. The van der Waals surface area contributed by atoms with E-state index in [1.165, 1.54) is 0 Å². The SMILES string of the molecule is CCC[C@H](CC(=O)O)CN(N=O)[C@@H](CC)C(=O)O. The summed E-state index contributed by atoms with van der Waals surface area (Å²) in [5, 5.41) is 21.4. The summed E-state index contributed by atoms with van der Waals surface area (Å²) in [5.41, 5.74) is 0. The van der Waals surface area contributed by atoms with E-state index >= 15 is 0 Å². The number of aliphatic carboxylic acids is 2. The van der Waals surface area contributed by atoms with Crippen LogP contribution in [0.25, 0.3) is 0 Å². The zero-order chi connectivity index (χ0) is 14.1. The van der Waals surface area contributed by atoms with E-state index in [1.54, 1.807) is 6.92 Å². The van der Waals surface area contributed by atoms with Crippen molar-refractivity contribution in [2.24, 2.45) is 11.2 Å². The normalized spacial score (nSPS) is 13.7. The number of hydrogen-bond donors (Lipinski definition) is 2. The van der Waals surface area contributed by atoms with Gasteiger partial charge in [0.2, 0.25) is 0 Å². The first-order valence-corrected chi connectivity index (χ1v) is 6.00. The fourth-order valence-electron chi connectivity index (χ4n) is 1.91. The van der Waals surface area contributed by atoms with Gasteiger partial charge in [-0.05, 0) is 18.8 Å². The molecule has 2 N–H and O–H groups in total. The molecule has 0 aromatic carbocycles. The molecule has 2 atom stereocenters. The molecule has 0 rings (SSSR count). The first-order valence-electron chi connectivity index (χ1n) is 6.00. The van der Waals surface area contributed by atoms with Crippen molar-refractivity contribution in [3.8, 4) is 0 Å². The molecule has 7 nitrogen and oxygen atoms in total. The average Bonchev–Trinajstić information content (AvgIpc) is 2.27. The van der Waals surface area contributed by atoms with Crippen molar-refractivity contribution in [1.82, 2.24) is 5.01 Å². The molecular weight excluding hydrogens is 240 g/mol. The van der Waals surface area contributed by atoms with E-state index in [4.69, 9.17) is 10.2 Å². The Morgan fingerprint density at radius 2 is 1.89 bits per heavy atom. The minimum atomic E-state index is -1.12. The molecule has 0 fully saturated rings. The third kappa shape index (κ3) is 5.60. The second kappa shape index (κ2) is 8.43. The highest BCUT2D eigenvalue weighted by atomic mass is 16.4. The highest BCUT2D eigenvalue weighted by Gasteiger charge is 2.27. The maximum atomic E-state index is 10.9. The quantitative estimate of drug-likeness (QED) is 0.457. The molecule has 0 unspecified atom stereocenters. The van der Waals surface area contributed by atoms with E-state index in [2.05, 4.69) is 5.29 Å². The Kier molecular flexibility index (Phi) is 7.66. The Balaban J connectivity index is 4.67. The van der Waals surface area contributed by atoms with Crippen LogP contribution in [0.2, 0.25) is 0 Å². The van der Waals surface area contributed by atoms with E-state index < -0.39 is 18.0 Å². The molecule has 0 heterocycles. The summed E-state index contributed by atoms with van der Waals surface area (Å²) in [7, 11) is 0. The van der Waals surface area contributed by atoms with E-state index in [0.717, 1.165) is 11.4 Å². The molecule has 0 aliphatic carbocycles.